The summed E-state index contributed by atoms with van der Waals surface area (Å²) in [7, 11) is 0. The fourth-order valence-electron chi connectivity index (χ4n) is 2.16. The van der Waals surface area contributed by atoms with E-state index in [4.69, 9.17) is 11.6 Å². The average Bonchev–Trinajstić information content (AvgIpc) is 2.54. The molecule has 2 heterocycles. The van der Waals surface area contributed by atoms with Crippen LogP contribution in [0.1, 0.15) is 5.69 Å². The first kappa shape index (κ1) is 9.70. The number of hydrogen-bond donors (Lipinski definition) is 1. The molecule has 15 heavy (non-hydrogen) atoms. The van der Waals surface area contributed by atoms with E-state index in [1.807, 2.05) is 0 Å². The zero-order chi connectivity index (χ0) is 10.4. The zero-order valence-electron chi connectivity index (χ0n) is 8.06. The van der Waals surface area contributed by atoms with E-state index in [2.05, 4.69) is 44.0 Å². The van der Waals surface area contributed by atoms with Crippen LogP contribution in [0.15, 0.2) is 22.7 Å². The molecule has 1 aromatic carbocycles. The van der Waals surface area contributed by atoms with Gasteiger partial charge in [-0.2, -0.15) is 0 Å². The minimum absolute atomic E-state index is 0.866. The van der Waals surface area contributed by atoms with Gasteiger partial charge in [-0.3, -0.25) is 0 Å². The molecule has 0 spiro atoms. The first-order chi connectivity index (χ1) is 7.27. The maximum Gasteiger partial charge on any atom is 0.0707 e. The van der Waals surface area contributed by atoms with Crippen molar-refractivity contribution in [3.8, 4) is 0 Å². The normalized spacial score (nSPS) is 15.6. The quantitative estimate of drug-likeness (QED) is 0.787. The first-order valence-corrected chi connectivity index (χ1v) is 6.11. The van der Waals surface area contributed by atoms with Crippen LogP contribution in [0.4, 0.5) is 0 Å². The van der Waals surface area contributed by atoms with Crippen molar-refractivity contribution in [2.45, 2.75) is 13.1 Å². The second kappa shape index (κ2) is 3.51. The molecule has 1 N–H and O–H groups in total. The maximum atomic E-state index is 6.37. The highest BCUT2D eigenvalue weighted by atomic mass is 79.9. The van der Waals surface area contributed by atoms with Gasteiger partial charge in [-0.25, -0.2) is 0 Å². The average molecular weight is 286 g/mol. The van der Waals surface area contributed by atoms with Crippen molar-refractivity contribution < 1.29 is 0 Å². The number of nitrogens with zero attached hydrogens (tertiary/aromatic N) is 1. The Morgan fingerprint density at radius 2 is 2.27 bits per heavy atom. The van der Waals surface area contributed by atoms with E-state index in [-0.39, 0.29) is 0 Å². The third-order valence-corrected chi connectivity index (χ3v) is 3.78. The van der Waals surface area contributed by atoms with E-state index in [0.717, 1.165) is 34.5 Å². The molecule has 0 amide bonds. The van der Waals surface area contributed by atoms with Crippen LogP contribution in [0.2, 0.25) is 5.02 Å². The van der Waals surface area contributed by atoms with E-state index in [1.165, 1.54) is 11.2 Å². The van der Waals surface area contributed by atoms with Crippen LogP contribution < -0.4 is 5.32 Å². The lowest BCUT2D eigenvalue weighted by atomic mass is 10.2. The van der Waals surface area contributed by atoms with Crippen molar-refractivity contribution in [2.75, 3.05) is 6.54 Å². The maximum absolute atomic E-state index is 6.37. The lowest BCUT2D eigenvalue weighted by molar-refractivity contribution is 0.527. The molecule has 3 rings (SSSR count). The summed E-state index contributed by atoms with van der Waals surface area (Å²) in [6, 6.07) is 6.27. The molecule has 4 heteroatoms. The van der Waals surface area contributed by atoms with Gasteiger partial charge < -0.3 is 9.88 Å². The number of rotatable bonds is 0. The predicted octanol–water partition coefficient (Wildman–Crippen LogP) is 3.16. The van der Waals surface area contributed by atoms with Gasteiger partial charge in [0.15, 0.2) is 0 Å². The summed E-state index contributed by atoms with van der Waals surface area (Å²) in [4.78, 5) is 0. The number of halogens is 2. The van der Waals surface area contributed by atoms with Gasteiger partial charge in [0.1, 0.15) is 0 Å². The van der Waals surface area contributed by atoms with Crippen molar-refractivity contribution in [3.63, 3.8) is 0 Å². The molecule has 0 fully saturated rings. The summed E-state index contributed by atoms with van der Waals surface area (Å²) in [6.07, 6.45) is 0. The van der Waals surface area contributed by atoms with Crippen molar-refractivity contribution in [2.24, 2.45) is 0 Å². The van der Waals surface area contributed by atoms with Crippen LogP contribution in [-0.2, 0) is 13.1 Å². The van der Waals surface area contributed by atoms with Crippen LogP contribution in [0.25, 0.3) is 10.9 Å². The molecule has 0 unspecified atom stereocenters. The molecule has 0 saturated heterocycles. The van der Waals surface area contributed by atoms with Crippen molar-refractivity contribution in [1.29, 1.82) is 0 Å². The summed E-state index contributed by atoms with van der Waals surface area (Å²) in [6.45, 7) is 2.88. The molecule has 2 nitrogen and oxygen atoms in total. The molecule has 0 saturated carbocycles. The zero-order valence-corrected chi connectivity index (χ0v) is 10.4. The van der Waals surface area contributed by atoms with E-state index < -0.39 is 0 Å². The second-order valence-corrected chi connectivity index (χ2v) is 5.04. The van der Waals surface area contributed by atoms with Gasteiger partial charge in [0.2, 0.25) is 0 Å². The van der Waals surface area contributed by atoms with Gasteiger partial charge in [0, 0.05) is 35.0 Å². The highest BCUT2D eigenvalue weighted by Gasteiger charge is 2.17. The Bertz CT molecular complexity index is 533. The topological polar surface area (TPSA) is 17.0 Å². The third-order valence-electron chi connectivity index (χ3n) is 2.87. The minimum Gasteiger partial charge on any atom is -0.341 e. The van der Waals surface area contributed by atoms with Crippen LogP contribution in [0, 0.1) is 0 Å². The third kappa shape index (κ3) is 1.41. The number of nitrogens with one attached hydrogen (secondary N) is 1. The molecule has 1 aromatic heterocycles. The Balaban J connectivity index is 2.38. The Labute approximate surface area is 101 Å². The van der Waals surface area contributed by atoms with Crippen LogP contribution >= 0.6 is 27.5 Å². The number of benzene rings is 1. The molecular formula is C11H10BrClN2. The lowest BCUT2D eigenvalue weighted by Gasteiger charge is -2.17. The smallest absolute Gasteiger partial charge is 0.0707 e. The van der Waals surface area contributed by atoms with E-state index in [0.29, 0.717) is 0 Å². The lowest BCUT2D eigenvalue weighted by Crippen LogP contribution is -2.27. The van der Waals surface area contributed by atoms with Gasteiger partial charge in [-0.15, -0.1) is 0 Å². The standard InChI is InChI=1S/C11H10BrClN2/c12-7-1-2-9-8(5-7)11(13)10-6-14-3-4-15(9)10/h1-2,5,14H,3-4,6H2. The highest BCUT2D eigenvalue weighted by Crippen LogP contribution is 2.33. The van der Waals surface area contributed by atoms with Gasteiger partial charge >= 0.3 is 0 Å². The fourth-order valence-corrected chi connectivity index (χ4v) is 2.85. The van der Waals surface area contributed by atoms with Gasteiger partial charge in [0.25, 0.3) is 0 Å². The van der Waals surface area contributed by atoms with Crippen molar-refractivity contribution in [1.82, 2.24) is 9.88 Å². The Kier molecular flexibility index (Phi) is 2.27. The molecule has 0 radical (unpaired) electrons. The SMILES string of the molecule is Clc1c2n(c3ccc(Br)cc13)CCNC2. The molecular weight excluding hydrogens is 275 g/mol. The van der Waals surface area contributed by atoms with Gasteiger partial charge in [-0.05, 0) is 18.2 Å². The molecule has 1 aliphatic heterocycles. The van der Waals surface area contributed by atoms with Crippen LogP contribution in [-0.4, -0.2) is 11.1 Å². The largest absolute Gasteiger partial charge is 0.341 e. The second-order valence-electron chi connectivity index (χ2n) is 3.75. The highest BCUT2D eigenvalue weighted by molar-refractivity contribution is 9.10. The number of aromatic nitrogens is 1. The summed E-state index contributed by atoms with van der Waals surface area (Å²) in [5.74, 6) is 0. The van der Waals surface area contributed by atoms with E-state index in [9.17, 15) is 0 Å². The van der Waals surface area contributed by atoms with Crippen molar-refractivity contribution >= 4 is 38.4 Å². The summed E-state index contributed by atoms with van der Waals surface area (Å²) < 4.78 is 3.38. The predicted molar refractivity (Wildman–Crippen MR) is 66.4 cm³/mol. The summed E-state index contributed by atoms with van der Waals surface area (Å²) >= 11 is 9.84. The van der Waals surface area contributed by atoms with E-state index >= 15 is 0 Å². The monoisotopic (exact) mass is 284 g/mol. The summed E-state index contributed by atoms with van der Waals surface area (Å²) in [5, 5.41) is 5.37. The minimum atomic E-state index is 0.866. The molecule has 0 atom stereocenters. The van der Waals surface area contributed by atoms with E-state index in [1.54, 1.807) is 0 Å². The van der Waals surface area contributed by atoms with Crippen LogP contribution in [0.3, 0.4) is 0 Å². The number of hydrogen-bond acceptors (Lipinski definition) is 1. The number of fused-ring (bicyclic) bond motifs is 3. The molecule has 78 valence electrons. The Hall–Kier alpha value is -0.510. The van der Waals surface area contributed by atoms with Crippen LogP contribution in [0.5, 0.6) is 0 Å². The van der Waals surface area contributed by atoms with Gasteiger partial charge in [-0.1, -0.05) is 27.5 Å². The molecule has 1 aliphatic rings. The Morgan fingerprint density at radius 1 is 1.40 bits per heavy atom. The Morgan fingerprint density at radius 3 is 3.13 bits per heavy atom. The van der Waals surface area contributed by atoms with Crippen molar-refractivity contribution in [3.05, 3.63) is 33.4 Å². The molecule has 0 bridgehead atoms. The molecule has 2 aromatic rings. The fraction of sp³-hybridized carbons (Fsp3) is 0.273. The molecule has 0 aliphatic carbocycles. The first-order valence-electron chi connectivity index (χ1n) is 4.94. The summed E-state index contributed by atoms with van der Waals surface area (Å²) in [5.41, 5.74) is 2.44. The van der Waals surface area contributed by atoms with Gasteiger partial charge in [0.05, 0.1) is 10.7 Å².